The van der Waals surface area contributed by atoms with Gasteiger partial charge in [-0.15, -0.1) is 0 Å². The van der Waals surface area contributed by atoms with Crippen LogP contribution in [-0.4, -0.2) is 35.1 Å². The highest BCUT2D eigenvalue weighted by molar-refractivity contribution is 5.97. The molecule has 5 aromatic heterocycles. The van der Waals surface area contributed by atoms with E-state index >= 15 is 0 Å². The van der Waals surface area contributed by atoms with Crippen LogP contribution < -0.4 is 0 Å². The number of fused-ring (bicyclic) bond motifs is 2. The first-order valence-corrected chi connectivity index (χ1v) is 8.98. The van der Waals surface area contributed by atoms with Crippen LogP contribution in [-0.2, 0) is 0 Å². The first-order valence-electron chi connectivity index (χ1n) is 8.98. The van der Waals surface area contributed by atoms with Gasteiger partial charge in [0, 0.05) is 35.1 Å². The Bertz CT molecular complexity index is 1450. The van der Waals surface area contributed by atoms with E-state index in [1.54, 1.807) is 31.1 Å². The first-order chi connectivity index (χ1) is 14.4. The zero-order valence-corrected chi connectivity index (χ0v) is 15.0. The van der Waals surface area contributed by atoms with Gasteiger partial charge in [-0.25, -0.2) is 15.0 Å². The van der Waals surface area contributed by atoms with Crippen LogP contribution in [0.4, 0.5) is 0 Å². The number of pyridine rings is 1. The summed E-state index contributed by atoms with van der Waals surface area (Å²) >= 11 is 0. The minimum Gasteiger partial charge on any atom is -0.472 e. The number of rotatable bonds is 3. The van der Waals surface area contributed by atoms with E-state index in [1.807, 2.05) is 24.3 Å². The molecule has 0 unspecified atom stereocenters. The largest absolute Gasteiger partial charge is 0.472 e. The van der Waals surface area contributed by atoms with Gasteiger partial charge in [-0.05, 0) is 29.8 Å². The van der Waals surface area contributed by atoms with Crippen molar-refractivity contribution in [2.75, 3.05) is 0 Å². The SMILES string of the molecule is c1ncc(-c2ccc3[nH]nc(-c4nc5c(-c6ccoc6)nccc5[nH]4)c3c2)cn1. The van der Waals surface area contributed by atoms with E-state index in [-0.39, 0.29) is 0 Å². The molecular weight excluding hydrogens is 366 g/mol. The minimum atomic E-state index is 0.672. The molecule has 0 amide bonds. The molecule has 0 aliphatic carbocycles. The number of furan rings is 1. The van der Waals surface area contributed by atoms with Crippen LogP contribution in [0.15, 0.2) is 72.2 Å². The van der Waals surface area contributed by atoms with E-state index in [0.29, 0.717) is 5.82 Å². The number of aromatic amines is 2. The van der Waals surface area contributed by atoms with Crippen molar-refractivity contribution in [3.8, 4) is 33.9 Å². The van der Waals surface area contributed by atoms with E-state index in [0.717, 1.165) is 50.0 Å². The molecule has 0 saturated heterocycles. The molecular formula is C21H13N7O. The Morgan fingerprint density at radius 2 is 1.79 bits per heavy atom. The third-order valence-corrected chi connectivity index (χ3v) is 4.88. The van der Waals surface area contributed by atoms with Crippen molar-refractivity contribution in [2.24, 2.45) is 0 Å². The molecule has 0 atom stereocenters. The molecule has 5 heterocycles. The Morgan fingerprint density at radius 3 is 2.66 bits per heavy atom. The molecule has 1 aromatic carbocycles. The van der Waals surface area contributed by atoms with Crippen molar-refractivity contribution in [3.05, 3.63) is 67.8 Å². The Morgan fingerprint density at radius 1 is 0.862 bits per heavy atom. The van der Waals surface area contributed by atoms with Gasteiger partial charge >= 0.3 is 0 Å². The lowest BCUT2D eigenvalue weighted by Gasteiger charge is -2.00. The average molecular weight is 379 g/mol. The van der Waals surface area contributed by atoms with Crippen molar-refractivity contribution in [1.29, 1.82) is 0 Å². The molecule has 2 N–H and O–H groups in total. The monoisotopic (exact) mass is 379 g/mol. The second-order valence-corrected chi connectivity index (χ2v) is 6.61. The van der Waals surface area contributed by atoms with Gasteiger partial charge in [0.25, 0.3) is 0 Å². The van der Waals surface area contributed by atoms with Crippen molar-refractivity contribution in [1.82, 2.24) is 35.1 Å². The van der Waals surface area contributed by atoms with Crippen LogP contribution in [0.25, 0.3) is 55.8 Å². The third kappa shape index (κ3) is 2.50. The Kier molecular flexibility index (Phi) is 3.30. The van der Waals surface area contributed by atoms with E-state index in [2.05, 4.69) is 36.2 Å². The first kappa shape index (κ1) is 15.7. The second kappa shape index (κ2) is 6.10. The number of imidazole rings is 1. The standard InChI is InChI=1S/C21H13N7O/c1-2-16-15(7-12(1)14-8-22-11-23-9-14)19(28-27-16)21-25-17-3-5-24-18(20(17)26-21)13-4-6-29-10-13/h1-11H,(H,25,26)(H,27,28). The maximum atomic E-state index is 5.20. The molecule has 138 valence electrons. The van der Waals surface area contributed by atoms with Gasteiger partial charge in [0.15, 0.2) is 5.82 Å². The topological polar surface area (TPSA) is 109 Å². The lowest BCUT2D eigenvalue weighted by Crippen LogP contribution is -1.84. The number of H-pyrrole nitrogens is 2. The summed E-state index contributed by atoms with van der Waals surface area (Å²) in [5.74, 6) is 0.672. The molecule has 0 aliphatic rings. The van der Waals surface area contributed by atoms with E-state index in [4.69, 9.17) is 9.40 Å². The highest BCUT2D eigenvalue weighted by atomic mass is 16.3. The summed E-state index contributed by atoms with van der Waals surface area (Å²) in [6.07, 6.45) is 10.1. The van der Waals surface area contributed by atoms with Gasteiger partial charge in [-0.3, -0.25) is 10.1 Å². The maximum absolute atomic E-state index is 5.20. The minimum absolute atomic E-state index is 0.672. The summed E-state index contributed by atoms with van der Waals surface area (Å²) in [4.78, 5) is 20.8. The fourth-order valence-corrected chi connectivity index (χ4v) is 3.48. The van der Waals surface area contributed by atoms with Crippen LogP contribution in [0.5, 0.6) is 0 Å². The smallest absolute Gasteiger partial charge is 0.159 e. The Labute approximate surface area is 163 Å². The lowest BCUT2D eigenvalue weighted by atomic mass is 10.1. The quantitative estimate of drug-likeness (QED) is 0.476. The van der Waals surface area contributed by atoms with Gasteiger partial charge in [-0.1, -0.05) is 6.07 Å². The molecule has 0 bridgehead atoms. The summed E-state index contributed by atoms with van der Waals surface area (Å²) in [6, 6.07) is 9.85. The molecule has 0 fully saturated rings. The summed E-state index contributed by atoms with van der Waals surface area (Å²) in [5, 5.41) is 8.54. The number of nitrogens with one attached hydrogen (secondary N) is 2. The summed E-state index contributed by atoms with van der Waals surface area (Å²) in [5.41, 5.74) is 6.92. The number of hydrogen-bond acceptors (Lipinski definition) is 6. The summed E-state index contributed by atoms with van der Waals surface area (Å²) in [7, 11) is 0. The van der Waals surface area contributed by atoms with Gasteiger partial charge in [-0.2, -0.15) is 5.10 Å². The lowest BCUT2D eigenvalue weighted by molar-refractivity contribution is 0.568. The summed E-state index contributed by atoms with van der Waals surface area (Å²) < 4.78 is 5.20. The van der Waals surface area contributed by atoms with E-state index in [9.17, 15) is 0 Å². The van der Waals surface area contributed by atoms with Crippen LogP contribution in [0.2, 0.25) is 0 Å². The van der Waals surface area contributed by atoms with Crippen LogP contribution in [0, 0.1) is 0 Å². The van der Waals surface area contributed by atoms with Gasteiger partial charge in [0.1, 0.15) is 23.2 Å². The number of benzene rings is 1. The number of nitrogens with zero attached hydrogens (tertiary/aromatic N) is 5. The zero-order valence-electron chi connectivity index (χ0n) is 15.0. The van der Waals surface area contributed by atoms with Crippen molar-refractivity contribution in [3.63, 3.8) is 0 Å². The van der Waals surface area contributed by atoms with Crippen molar-refractivity contribution >= 4 is 21.9 Å². The number of hydrogen-bond donors (Lipinski definition) is 2. The molecule has 29 heavy (non-hydrogen) atoms. The summed E-state index contributed by atoms with van der Waals surface area (Å²) in [6.45, 7) is 0. The highest BCUT2D eigenvalue weighted by Crippen LogP contribution is 2.32. The number of aromatic nitrogens is 7. The maximum Gasteiger partial charge on any atom is 0.159 e. The zero-order chi connectivity index (χ0) is 19.2. The van der Waals surface area contributed by atoms with Gasteiger partial charge in [0.05, 0.1) is 23.6 Å². The van der Waals surface area contributed by atoms with Crippen molar-refractivity contribution < 1.29 is 4.42 Å². The fraction of sp³-hybridized carbons (Fsp3) is 0. The molecule has 8 nitrogen and oxygen atoms in total. The Balaban J connectivity index is 1.53. The predicted octanol–water partition coefficient (Wildman–Crippen LogP) is 4.22. The van der Waals surface area contributed by atoms with E-state index < -0.39 is 0 Å². The molecule has 8 heteroatoms. The molecule has 0 spiro atoms. The normalized spacial score (nSPS) is 11.4. The highest BCUT2D eigenvalue weighted by Gasteiger charge is 2.16. The second-order valence-electron chi connectivity index (χ2n) is 6.61. The average Bonchev–Trinajstić information content (AvgIpc) is 3.52. The molecule has 0 saturated carbocycles. The molecule has 6 aromatic rings. The fourth-order valence-electron chi connectivity index (χ4n) is 3.48. The van der Waals surface area contributed by atoms with Crippen LogP contribution in [0.1, 0.15) is 0 Å². The van der Waals surface area contributed by atoms with Gasteiger partial charge in [0.2, 0.25) is 0 Å². The third-order valence-electron chi connectivity index (χ3n) is 4.88. The van der Waals surface area contributed by atoms with Crippen LogP contribution in [0.3, 0.4) is 0 Å². The molecule has 0 aliphatic heterocycles. The predicted molar refractivity (Wildman–Crippen MR) is 108 cm³/mol. The van der Waals surface area contributed by atoms with E-state index in [1.165, 1.54) is 6.33 Å². The Hall–Kier alpha value is -4.33. The van der Waals surface area contributed by atoms with Crippen molar-refractivity contribution in [2.45, 2.75) is 0 Å². The molecule has 0 radical (unpaired) electrons. The van der Waals surface area contributed by atoms with Gasteiger partial charge < -0.3 is 9.40 Å². The molecule has 6 rings (SSSR count). The van der Waals surface area contributed by atoms with Crippen LogP contribution >= 0.6 is 0 Å².